The lowest BCUT2D eigenvalue weighted by Crippen LogP contribution is -2.28. The van der Waals surface area contributed by atoms with E-state index in [0.29, 0.717) is 17.7 Å². The summed E-state index contributed by atoms with van der Waals surface area (Å²) in [7, 11) is 0. The van der Waals surface area contributed by atoms with Crippen molar-refractivity contribution < 1.29 is 9.59 Å². The topological polar surface area (TPSA) is 90.0 Å². The van der Waals surface area contributed by atoms with Crippen LogP contribution in [0, 0.1) is 12.3 Å². The van der Waals surface area contributed by atoms with Crippen molar-refractivity contribution in [2.45, 2.75) is 40.5 Å². The maximum Gasteiger partial charge on any atom is 0.167 e. The monoisotopic (exact) mass is 326 g/mol. The highest BCUT2D eigenvalue weighted by Gasteiger charge is 2.35. The number of carbonyl (C=O) groups excluding carboxylic acids is 2. The van der Waals surface area contributed by atoms with Crippen LogP contribution in [0.15, 0.2) is 18.2 Å². The van der Waals surface area contributed by atoms with Crippen molar-refractivity contribution in [3.63, 3.8) is 0 Å². The van der Waals surface area contributed by atoms with Gasteiger partial charge in [-0.3, -0.25) is 15.4 Å². The predicted molar refractivity (Wildman–Crippen MR) is 92.5 cm³/mol. The van der Waals surface area contributed by atoms with E-state index in [1.54, 1.807) is 16.8 Å². The number of Topliss-reactive ketones (excluding diaryl/α,β-unsaturated/α-hetero) is 2. The number of hydrogen-bond donors (Lipinski definition) is 2. The highest BCUT2D eigenvalue weighted by Crippen LogP contribution is 2.37. The van der Waals surface area contributed by atoms with Crippen LogP contribution in [0.5, 0.6) is 0 Å². The first-order valence-corrected chi connectivity index (χ1v) is 7.97. The van der Waals surface area contributed by atoms with Crippen LogP contribution in [-0.2, 0) is 6.42 Å². The van der Waals surface area contributed by atoms with E-state index in [4.69, 9.17) is 5.84 Å². The predicted octanol–water partition coefficient (Wildman–Crippen LogP) is 2.82. The molecular formula is C18H22N4O2. The molecule has 0 unspecified atom stereocenters. The van der Waals surface area contributed by atoms with Gasteiger partial charge in [-0.1, -0.05) is 13.8 Å². The number of carbonyl (C=O) groups is 2. The van der Waals surface area contributed by atoms with Crippen molar-refractivity contribution in [3.8, 4) is 5.69 Å². The minimum atomic E-state index is -0.0947. The molecule has 1 aromatic heterocycles. The minimum Gasteiger partial charge on any atom is -0.323 e. The van der Waals surface area contributed by atoms with Crippen molar-refractivity contribution in [3.05, 3.63) is 40.7 Å². The standard InChI is InChI=1S/C18H22N4O2/c1-10-17-15(8-18(3,4)9-16(17)24)22(21-10)12-5-6-13(11(2)23)14(7-12)20-19/h5-7,20H,8-9,19H2,1-4H3. The number of fused-ring (bicyclic) bond motifs is 1. The number of anilines is 1. The van der Waals surface area contributed by atoms with Crippen molar-refractivity contribution in [1.29, 1.82) is 0 Å². The number of ketones is 2. The van der Waals surface area contributed by atoms with E-state index < -0.39 is 0 Å². The fourth-order valence-corrected chi connectivity index (χ4v) is 3.44. The van der Waals surface area contributed by atoms with E-state index in [2.05, 4.69) is 24.4 Å². The molecule has 24 heavy (non-hydrogen) atoms. The van der Waals surface area contributed by atoms with Gasteiger partial charge >= 0.3 is 0 Å². The fourth-order valence-electron chi connectivity index (χ4n) is 3.44. The zero-order chi connectivity index (χ0) is 17.6. The number of rotatable bonds is 3. The van der Waals surface area contributed by atoms with Crippen LogP contribution >= 0.6 is 0 Å². The third-order valence-corrected chi connectivity index (χ3v) is 4.50. The zero-order valence-corrected chi connectivity index (χ0v) is 14.4. The number of nitrogens with zero attached hydrogens (tertiary/aromatic N) is 2. The Balaban J connectivity index is 2.17. The summed E-state index contributed by atoms with van der Waals surface area (Å²) in [5, 5.41) is 4.57. The molecule has 0 radical (unpaired) electrons. The Kier molecular flexibility index (Phi) is 3.80. The summed E-state index contributed by atoms with van der Waals surface area (Å²) in [5.74, 6) is 5.63. The van der Waals surface area contributed by atoms with Crippen molar-refractivity contribution >= 4 is 17.3 Å². The first-order valence-electron chi connectivity index (χ1n) is 7.97. The summed E-state index contributed by atoms with van der Waals surface area (Å²) in [6.45, 7) is 7.53. The average Bonchev–Trinajstić information content (AvgIpc) is 2.81. The van der Waals surface area contributed by atoms with Crippen molar-refractivity contribution in [1.82, 2.24) is 9.78 Å². The summed E-state index contributed by atoms with van der Waals surface area (Å²) in [5.41, 5.74) is 6.72. The van der Waals surface area contributed by atoms with Gasteiger partial charge in [-0.25, -0.2) is 4.68 Å². The van der Waals surface area contributed by atoms with Gasteiger partial charge in [-0.2, -0.15) is 5.10 Å². The molecule has 0 spiro atoms. The number of hydrogen-bond acceptors (Lipinski definition) is 5. The zero-order valence-electron chi connectivity index (χ0n) is 14.4. The smallest absolute Gasteiger partial charge is 0.167 e. The molecule has 1 aliphatic carbocycles. The molecule has 0 aliphatic heterocycles. The molecule has 6 nitrogen and oxygen atoms in total. The normalized spacial score (nSPS) is 16.0. The first-order chi connectivity index (χ1) is 11.2. The molecule has 0 saturated carbocycles. The highest BCUT2D eigenvalue weighted by atomic mass is 16.1. The largest absolute Gasteiger partial charge is 0.323 e. The van der Waals surface area contributed by atoms with E-state index in [9.17, 15) is 9.59 Å². The maximum absolute atomic E-state index is 12.5. The number of hydrazine groups is 1. The van der Waals surface area contributed by atoms with Crippen LogP contribution in [-0.4, -0.2) is 21.3 Å². The Morgan fingerprint density at radius 3 is 2.67 bits per heavy atom. The average molecular weight is 326 g/mol. The van der Waals surface area contributed by atoms with Gasteiger partial charge in [0, 0.05) is 12.0 Å². The molecular weight excluding hydrogens is 304 g/mol. The third-order valence-electron chi connectivity index (χ3n) is 4.50. The van der Waals surface area contributed by atoms with Gasteiger partial charge in [-0.05, 0) is 43.9 Å². The molecule has 6 heteroatoms. The van der Waals surface area contributed by atoms with Gasteiger partial charge < -0.3 is 5.43 Å². The van der Waals surface area contributed by atoms with Crippen LogP contribution in [0.4, 0.5) is 5.69 Å². The Morgan fingerprint density at radius 2 is 2.04 bits per heavy atom. The van der Waals surface area contributed by atoms with Crippen molar-refractivity contribution in [2.75, 3.05) is 5.43 Å². The van der Waals surface area contributed by atoms with E-state index in [1.165, 1.54) is 6.92 Å². The molecule has 0 atom stereocenters. The van der Waals surface area contributed by atoms with Crippen LogP contribution < -0.4 is 11.3 Å². The molecule has 3 N–H and O–H groups in total. The Labute approximate surface area is 141 Å². The Bertz CT molecular complexity index is 849. The Morgan fingerprint density at radius 1 is 1.33 bits per heavy atom. The molecule has 3 rings (SSSR count). The number of nitrogens with one attached hydrogen (secondary N) is 1. The van der Waals surface area contributed by atoms with Crippen molar-refractivity contribution in [2.24, 2.45) is 11.3 Å². The molecule has 0 saturated heterocycles. The molecule has 1 aromatic carbocycles. The summed E-state index contributed by atoms with van der Waals surface area (Å²) in [4.78, 5) is 24.2. The number of aryl methyl sites for hydroxylation is 1. The lowest BCUT2D eigenvalue weighted by molar-refractivity contribution is 0.0909. The molecule has 0 amide bonds. The molecule has 0 bridgehead atoms. The van der Waals surface area contributed by atoms with Gasteiger partial charge in [0.25, 0.3) is 0 Å². The van der Waals surface area contributed by atoms with Gasteiger partial charge in [0.1, 0.15) is 0 Å². The molecule has 1 aliphatic rings. The Hall–Kier alpha value is -2.47. The summed E-state index contributed by atoms with van der Waals surface area (Å²) < 4.78 is 1.80. The van der Waals surface area contributed by atoms with Gasteiger partial charge in [0.2, 0.25) is 0 Å². The van der Waals surface area contributed by atoms with Crippen LogP contribution in [0.1, 0.15) is 59.3 Å². The van der Waals surface area contributed by atoms with Crippen LogP contribution in [0.25, 0.3) is 5.69 Å². The number of nitrogen functional groups attached to an aromatic ring is 1. The van der Waals surface area contributed by atoms with Crippen LogP contribution in [0.3, 0.4) is 0 Å². The van der Waals surface area contributed by atoms with Gasteiger partial charge in [0.15, 0.2) is 11.6 Å². The summed E-state index contributed by atoms with van der Waals surface area (Å²) in [6, 6.07) is 5.35. The second-order valence-electron chi connectivity index (χ2n) is 7.19. The van der Waals surface area contributed by atoms with E-state index in [1.807, 2.05) is 13.0 Å². The minimum absolute atomic E-state index is 0.0653. The first kappa shape index (κ1) is 16.4. The quantitative estimate of drug-likeness (QED) is 0.514. The van der Waals surface area contributed by atoms with E-state index in [0.717, 1.165) is 29.1 Å². The number of benzene rings is 1. The SMILES string of the molecule is CC(=O)c1ccc(-n2nc(C)c3c2CC(C)(C)CC3=O)cc1NN. The lowest BCUT2D eigenvalue weighted by Gasteiger charge is -2.29. The molecule has 0 fully saturated rings. The molecule has 126 valence electrons. The van der Waals surface area contributed by atoms with E-state index in [-0.39, 0.29) is 17.0 Å². The van der Waals surface area contributed by atoms with E-state index >= 15 is 0 Å². The van der Waals surface area contributed by atoms with Gasteiger partial charge in [0.05, 0.1) is 28.3 Å². The highest BCUT2D eigenvalue weighted by molar-refractivity contribution is 6.00. The van der Waals surface area contributed by atoms with Crippen LogP contribution in [0.2, 0.25) is 0 Å². The third kappa shape index (κ3) is 2.63. The maximum atomic E-state index is 12.5. The number of aromatic nitrogens is 2. The number of nitrogens with two attached hydrogens (primary N) is 1. The second-order valence-corrected chi connectivity index (χ2v) is 7.19. The summed E-state index contributed by atoms with van der Waals surface area (Å²) in [6.07, 6.45) is 1.31. The fraction of sp³-hybridized carbons (Fsp3) is 0.389. The molecule has 2 aromatic rings. The lowest BCUT2D eigenvalue weighted by atomic mass is 9.75. The summed E-state index contributed by atoms with van der Waals surface area (Å²) >= 11 is 0. The second kappa shape index (κ2) is 5.56. The molecule has 1 heterocycles. The van der Waals surface area contributed by atoms with Gasteiger partial charge in [-0.15, -0.1) is 0 Å².